The summed E-state index contributed by atoms with van der Waals surface area (Å²) in [5.74, 6) is 0.516. The van der Waals surface area contributed by atoms with Crippen LogP contribution in [0, 0.1) is 11.7 Å². The standard InChI is InChI=1S/C20H32FN5O.HI/c1-23-20(25(2)15-16-5-7-18(21)8-6-16)24-11-3-4-12-26-13-9-17(10-14-26)19(22)27;/h5-8,17H,3-4,9-15H2,1-2H3,(H2,22,27)(H,23,24);1H. The minimum Gasteiger partial charge on any atom is -0.369 e. The molecule has 1 amide bonds. The Balaban J connectivity index is 0.00000392. The average molecular weight is 505 g/mol. The van der Waals surface area contributed by atoms with Crippen LogP contribution in [-0.2, 0) is 11.3 Å². The Hall–Kier alpha value is -1.42. The predicted molar refractivity (Wildman–Crippen MR) is 122 cm³/mol. The molecule has 3 N–H and O–H groups in total. The van der Waals surface area contributed by atoms with Crippen LogP contribution >= 0.6 is 24.0 Å². The Bertz CT molecular complexity index is 618. The van der Waals surface area contributed by atoms with E-state index in [4.69, 9.17) is 5.73 Å². The van der Waals surface area contributed by atoms with E-state index in [0.717, 1.165) is 63.4 Å². The van der Waals surface area contributed by atoms with E-state index >= 15 is 0 Å². The van der Waals surface area contributed by atoms with Gasteiger partial charge in [-0.1, -0.05) is 12.1 Å². The molecule has 0 radical (unpaired) electrons. The van der Waals surface area contributed by atoms with Gasteiger partial charge in [-0.3, -0.25) is 9.79 Å². The quantitative estimate of drug-likeness (QED) is 0.247. The number of nitrogens with one attached hydrogen (secondary N) is 1. The van der Waals surface area contributed by atoms with Crippen LogP contribution in [0.3, 0.4) is 0 Å². The van der Waals surface area contributed by atoms with E-state index in [-0.39, 0.29) is 41.6 Å². The van der Waals surface area contributed by atoms with Gasteiger partial charge in [0.25, 0.3) is 0 Å². The number of guanidine groups is 1. The van der Waals surface area contributed by atoms with E-state index in [1.165, 1.54) is 12.1 Å². The lowest BCUT2D eigenvalue weighted by Crippen LogP contribution is -2.40. The molecule has 6 nitrogen and oxygen atoms in total. The third kappa shape index (κ3) is 8.30. The number of primary amides is 1. The van der Waals surface area contributed by atoms with Crippen molar-refractivity contribution in [3.05, 3.63) is 35.6 Å². The van der Waals surface area contributed by atoms with Crippen molar-refractivity contribution in [2.24, 2.45) is 16.6 Å². The molecule has 2 rings (SSSR count). The first kappa shape index (κ1) is 24.6. The van der Waals surface area contributed by atoms with Gasteiger partial charge in [0.05, 0.1) is 0 Å². The summed E-state index contributed by atoms with van der Waals surface area (Å²) < 4.78 is 13.0. The molecule has 1 aromatic rings. The number of aliphatic imine (C=N–C) groups is 1. The number of hydrogen-bond donors (Lipinski definition) is 2. The van der Waals surface area contributed by atoms with E-state index in [2.05, 4.69) is 15.2 Å². The number of benzene rings is 1. The maximum absolute atomic E-state index is 13.0. The van der Waals surface area contributed by atoms with Gasteiger partial charge in [0.1, 0.15) is 5.82 Å². The van der Waals surface area contributed by atoms with E-state index in [1.54, 1.807) is 19.2 Å². The topological polar surface area (TPSA) is 74.0 Å². The Labute approximate surface area is 184 Å². The highest BCUT2D eigenvalue weighted by Gasteiger charge is 2.22. The second-order valence-corrected chi connectivity index (χ2v) is 7.18. The van der Waals surface area contributed by atoms with Crippen molar-refractivity contribution in [3.63, 3.8) is 0 Å². The minimum absolute atomic E-state index is 0. The van der Waals surface area contributed by atoms with Crippen molar-refractivity contribution >= 4 is 35.8 Å². The molecule has 1 saturated heterocycles. The minimum atomic E-state index is -0.220. The summed E-state index contributed by atoms with van der Waals surface area (Å²) in [7, 11) is 3.74. The van der Waals surface area contributed by atoms with Crippen molar-refractivity contribution in [1.82, 2.24) is 15.1 Å². The predicted octanol–water partition coefficient (Wildman–Crippen LogP) is 2.43. The van der Waals surface area contributed by atoms with Crippen molar-refractivity contribution in [3.8, 4) is 0 Å². The van der Waals surface area contributed by atoms with Crippen LogP contribution in [0.5, 0.6) is 0 Å². The summed E-state index contributed by atoms with van der Waals surface area (Å²) in [6, 6.07) is 6.54. The van der Waals surface area contributed by atoms with Crippen LogP contribution < -0.4 is 11.1 Å². The third-order valence-corrected chi connectivity index (χ3v) is 5.08. The Morgan fingerprint density at radius 3 is 2.50 bits per heavy atom. The first-order chi connectivity index (χ1) is 13.0. The molecule has 28 heavy (non-hydrogen) atoms. The summed E-state index contributed by atoms with van der Waals surface area (Å²) in [6.45, 7) is 4.51. The highest BCUT2D eigenvalue weighted by atomic mass is 127. The molecular weight excluding hydrogens is 472 g/mol. The summed E-state index contributed by atoms with van der Waals surface area (Å²) >= 11 is 0. The lowest BCUT2D eigenvalue weighted by molar-refractivity contribution is -0.123. The summed E-state index contributed by atoms with van der Waals surface area (Å²) in [4.78, 5) is 20.0. The second kappa shape index (κ2) is 12.9. The molecule has 0 saturated carbocycles. The van der Waals surface area contributed by atoms with Crippen LogP contribution in [0.2, 0.25) is 0 Å². The van der Waals surface area contributed by atoms with Crippen LogP contribution in [0.15, 0.2) is 29.3 Å². The van der Waals surface area contributed by atoms with Crippen LogP contribution in [0.4, 0.5) is 4.39 Å². The molecule has 0 bridgehead atoms. The smallest absolute Gasteiger partial charge is 0.220 e. The van der Waals surface area contributed by atoms with Gasteiger partial charge in [-0.25, -0.2) is 4.39 Å². The average Bonchev–Trinajstić information content (AvgIpc) is 2.66. The van der Waals surface area contributed by atoms with Crippen molar-refractivity contribution in [2.45, 2.75) is 32.2 Å². The molecule has 1 aliphatic heterocycles. The molecule has 158 valence electrons. The van der Waals surface area contributed by atoms with Gasteiger partial charge in [0.2, 0.25) is 5.91 Å². The van der Waals surface area contributed by atoms with Gasteiger partial charge in [-0.05, 0) is 63.0 Å². The number of piperidine rings is 1. The van der Waals surface area contributed by atoms with Crippen LogP contribution in [-0.4, -0.2) is 61.9 Å². The number of carbonyl (C=O) groups excluding carboxylic acids is 1. The number of rotatable bonds is 8. The number of amides is 1. The highest BCUT2D eigenvalue weighted by Crippen LogP contribution is 2.16. The first-order valence-corrected chi connectivity index (χ1v) is 9.67. The molecule has 1 aliphatic rings. The van der Waals surface area contributed by atoms with Crippen LogP contribution in [0.1, 0.15) is 31.2 Å². The molecule has 0 aromatic heterocycles. The van der Waals surface area contributed by atoms with Crippen molar-refractivity contribution in [2.75, 3.05) is 40.3 Å². The third-order valence-electron chi connectivity index (χ3n) is 5.08. The number of nitrogens with zero attached hydrogens (tertiary/aromatic N) is 3. The lowest BCUT2D eigenvalue weighted by Gasteiger charge is -2.30. The lowest BCUT2D eigenvalue weighted by atomic mass is 9.96. The van der Waals surface area contributed by atoms with E-state index in [0.29, 0.717) is 6.54 Å². The normalized spacial score (nSPS) is 15.8. The number of unbranched alkanes of at least 4 members (excludes halogenated alkanes) is 1. The Kier molecular flexibility index (Phi) is 11.4. The SMILES string of the molecule is CN=C(NCCCCN1CCC(C(N)=O)CC1)N(C)Cc1ccc(F)cc1.I. The largest absolute Gasteiger partial charge is 0.369 e. The maximum Gasteiger partial charge on any atom is 0.220 e. The van der Waals surface area contributed by atoms with Gasteiger partial charge >= 0.3 is 0 Å². The zero-order chi connectivity index (χ0) is 19.6. The Morgan fingerprint density at radius 2 is 1.93 bits per heavy atom. The van der Waals surface area contributed by atoms with E-state index < -0.39 is 0 Å². The zero-order valence-electron chi connectivity index (χ0n) is 16.9. The second-order valence-electron chi connectivity index (χ2n) is 7.18. The molecule has 1 heterocycles. The number of carbonyl (C=O) groups is 1. The van der Waals surface area contributed by atoms with Gasteiger partial charge in [0.15, 0.2) is 5.96 Å². The van der Waals surface area contributed by atoms with Crippen molar-refractivity contribution in [1.29, 1.82) is 0 Å². The molecule has 1 aromatic carbocycles. The van der Waals surface area contributed by atoms with Crippen molar-refractivity contribution < 1.29 is 9.18 Å². The van der Waals surface area contributed by atoms with Crippen LogP contribution in [0.25, 0.3) is 0 Å². The molecule has 0 spiro atoms. The summed E-state index contributed by atoms with van der Waals surface area (Å²) in [5, 5.41) is 3.38. The highest BCUT2D eigenvalue weighted by molar-refractivity contribution is 14.0. The molecule has 1 fully saturated rings. The first-order valence-electron chi connectivity index (χ1n) is 9.67. The van der Waals surface area contributed by atoms with Gasteiger partial charge in [-0.15, -0.1) is 24.0 Å². The van der Waals surface area contributed by atoms with E-state index in [1.807, 2.05) is 11.9 Å². The summed E-state index contributed by atoms with van der Waals surface area (Å²) in [5.41, 5.74) is 6.42. The van der Waals surface area contributed by atoms with Gasteiger partial charge < -0.3 is 20.9 Å². The zero-order valence-corrected chi connectivity index (χ0v) is 19.2. The fourth-order valence-corrected chi connectivity index (χ4v) is 3.42. The molecular formula is C20H33FIN5O. The Morgan fingerprint density at radius 1 is 1.29 bits per heavy atom. The molecule has 0 unspecified atom stereocenters. The number of hydrogen-bond acceptors (Lipinski definition) is 3. The number of likely N-dealkylation sites (tertiary alicyclic amines) is 1. The van der Waals surface area contributed by atoms with Gasteiger partial charge in [0, 0.05) is 33.1 Å². The maximum atomic E-state index is 13.0. The fraction of sp³-hybridized carbons (Fsp3) is 0.600. The molecule has 0 atom stereocenters. The number of nitrogens with two attached hydrogens (primary N) is 1. The number of halogens is 2. The van der Waals surface area contributed by atoms with Gasteiger partial charge in [-0.2, -0.15) is 0 Å². The van der Waals surface area contributed by atoms with E-state index in [9.17, 15) is 9.18 Å². The molecule has 0 aliphatic carbocycles. The summed E-state index contributed by atoms with van der Waals surface area (Å²) in [6.07, 6.45) is 3.93. The molecule has 8 heteroatoms. The monoisotopic (exact) mass is 505 g/mol. The fourth-order valence-electron chi connectivity index (χ4n) is 3.42.